The Morgan fingerprint density at radius 1 is 0.424 bits per heavy atom. The van der Waals surface area contributed by atoms with Gasteiger partial charge in [-0.15, -0.1) is 45.3 Å². The van der Waals surface area contributed by atoms with Crippen LogP contribution >= 0.6 is 77.2 Å². The Morgan fingerprint density at radius 3 is 1.03 bits per heavy atom. The number of H-pyrrole nitrogens is 1. The number of unbranched alkanes of at least 4 members (excludes halogenated alkanes) is 3. The van der Waals surface area contributed by atoms with Crippen molar-refractivity contribution in [1.82, 2.24) is 51.9 Å². The Bertz CT molecular complexity index is 6500. The van der Waals surface area contributed by atoms with E-state index in [4.69, 9.17) is 51.5 Å². The van der Waals surface area contributed by atoms with Crippen molar-refractivity contribution in [3.8, 4) is 21.5 Å². The van der Waals surface area contributed by atoms with Crippen LogP contribution in [0.15, 0.2) is 96.6 Å². The van der Waals surface area contributed by atoms with E-state index >= 15 is 0 Å². The number of aliphatic carboxylic acids is 1. The first-order chi connectivity index (χ1) is 64.4. The summed E-state index contributed by atoms with van der Waals surface area (Å²) in [7, 11) is 0. The average molecular weight is 2250 g/mol. The second-order valence-corrected chi connectivity index (χ2v) is 59.2. The summed E-state index contributed by atoms with van der Waals surface area (Å²) >= 11 is 9.60. The molecule has 0 aliphatic carbocycles. The van der Waals surface area contributed by atoms with Crippen molar-refractivity contribution in [3.63, 3.8) is 0 Å². The predicted octanol–water partition coefficient (Wildman–Crippen LogP) is 18.0. The maximum atomic E-state index is 13.7. The summed E-state index contributed by atoms with van der Waals surface area (Å²) in [4.78, 5) is 175. The number of aliphatic hydroxyl groups excluding tert-OH is 1. The van der Waals surface area contributed by atoms with E-state index in [-0.39, 0.29) is 69.3 Å². The summed E-state index contributed by atoms with van der Waals surface area (Å²) in [5.74, 6) is -2.52. The number of carboxylic acids is 1. The quantitative estimate of drug-likeness (QED) is 0.0189. The van der Waals surface area contributed by atoms with E-state index in [0.717, 1.165) is 37.0 Å². The average Bonchev–Trinajstić information content (AvgIpc) is 1.64. The zero-order valence-corrected chi connectivity index (χ0v) is 95.8. The molecule has 11 aromatic rings. The topological polar surface area (TPSA) is 438 Å². The van der Waals surface area contributed by atoms with Crippen LogP contribution in [0.2, 0.25) is 13.3 Å². The summed E-state index contributed by atoms with van der Waals surface area (Å²) < 4.78 is 69.9. The molecule has 3 N–H and O–H groups in total. The number of carbonyl (C=O) groups excluding carboxylic acids is 3. The SMILES string of the molecule is CC(C)OCCO.CCC[CH2][Sn]([CH2]CCC)([CH2]CCC)[c]1ncco1.Cc1c(-c2ncco2)sc2c1c(=O)n(C(C)(C)C(=O)O)c(=O)n2CCOC(C)C.Cc1c(-c2ncco2)sc2c1c(=O)n(C(C)(C)C(=O)OC(C)(C)C)c(=O)n2CCOC(C)C.Cc1c(Br)sc2[nH]c(=O)n(C(C)(C)C(=O)OC(C)(C)C)c(=O)c12.Cc1c(Br)sc2c1c(=O)n(C(C)(C)C(=O)OC(C)(C)C)c(=O)n2CCOC(C)C. The monoisotopic (exact) mass is 2250 g/mol. The minimum atomic E-state index is -2.31. The van der Waals surface area contributed by atoms with Crippen LogP contribution < -0.4 is 48.9 Å². The number of oxazole rings is 3. The molecule has 0 saturated carbocycles. The third-order valence-electron chi connectivity index (χ3n) is 22.0. The molecule has 42 heteroatoms. The van der Waals surface area contributed by atoms with Crippen LogP contribution in [0.25, 0.3) is 62.4 Å². The zero-order valence-electron chi connectivity index (χ0n) is 86.5. The van der Waals surface area contributed by atoms with E-state index in [2.05, 4.69) is 72.6 Å². The fourth-order valence-electron chi connectivity index (χ4n) is 14.6. The molecule has 0 spiro atoms. The summed E-state index contributed by atoms with van der Waals surface area (Å²) in [6.45, 7) is 58.7. The molecular weight excluding hydrogens is 2110 g/mol. The molecule has 0 saturated heterocycles. The number of nitrogens with zero attached hydrogens (tertiary/aromatic N) is 10. The first kappa shape index (κ1) is 119. The summed E-state index contributed by atoms with van der Waals surface area (Å²) in [5, 5.41) is 19.3. The number of hydrogen-bond donors (Lipinski definition) is 3. The van der Waals surface area contributed by atoms with Gasteiger partial charge in [0, 0.05) is 0 Å². The largest absolute Gasteiger partial charge is 0.480 e. The van der Waals surface area contributed by atoms with Crippen LogP contribution in [0.5, 0.6) is 0 Å². The molecule has 11 rings (SSSR count). The fourth-order valence-corrected chi connectivity index (χ4v) is 35.1. The number of aromatic amines is 1. The summed E-state index contributed by atoms with van der Waals surface area (Å²) in [6.07, 6.45) is 17.7. The number of rotatable bonds is 35. The number of carbonyl (C=O) groups is 4. The van der Waals surface area contributed by atoms with Gasteiger partial charge in [-0.3, -0.25) is 37.9 Å². The van der Waals surface area contributed by atoms with Gasteiger partial charge in [0.25, 0.3) is 22.2 Å². The van der Waals surface area contributed by atoms with Crippen molar-refractivity contribution in [3.05, 3.63) is 151 Å². The Kier molecular flexibility index (Phi) is 43.1. The molecule has 0 aliphatic heterocycles. The number of halogens is 2. The zero-order chi connectivity index (χ0) is 105. The van der Waals surface area contributed by atoms with E-state index < -0.39 is 126 Å². The van der Waals surface area contributed by atoms with Crippen LogP contribution in [0.4, 0.5) is 0 Å². The number of thiophene rings is 4. The van der Waals surface area contributed by atoms with Crippen molar-refractivity contribution >= 4 is 164 Å². The van der Waals surface area contributed by atoms with Crippen molar-refractivity contribution in [2.75, 3.05) is 33.0 Å². The minimum absolute atomic E-state index is 0.0158. The number of aromatic nitrogens is 11. The Labute approximate surface area is 846 Å². The van der Waals surface area contributed by atoms with Gasteiger partial charge in [0.2, 0.25) is 11.8 Å². The van der Waals surface area contributed by atoms with Gasteiger partial charge < -0.3 is 52.2 Å². The molecule has 11 heterocycles. The van der Waals surface area contributed by atoms with Gasteiger partial charge in [0.1, 0.15) is 70.8 Å². The second kappa shape index (κ2) is 50.2. The molecule has 11 aromatic heterocycles. The molecule has 0 atom stereocenters. The third kappa shape index (κ3) is 29.7. The first-order valence-corrected chi connectivity index (χ1v) is 58.9. The van der Waals surface area contributed by atoms with E-state index in [1.807, 2.05) is 68.5 Å². The maximum absolute atomic E-state index is 13.7. The first-order valence-electron chi connectivity index (χ1n) is 46.6. The maximum Gasteiger partial charge on any atom is 0.333 e. The number of aryl methyl sites for hydroxylation is 4. The molecular formula is C97H143Br2N11O24S4Sn. The van der Waals surface area contributed by atoms with E-state index in [1.54, 1.807) is 89.3 Å². The summed E-state index contributed by atoms with van der Waals surface area (Å²) in [6, 6.07) is 0. The normalized spacial score (nSPS) is 12.4. The van der Waals surface area contributed by atoms with E-state index in [0.29, 0.717) is 81.4 Å². The van der Waals surface area contributed by atoms with E-state index in [9.17, 15) is 62.6 Å². The van der Waals surface area contributed by atoms with Crippen LogP contribution in [-0.2, 0) is 94.1 Å². The van der Waals surface area contributed by atoms with Crippen LogP contribution in [0.3, 0.4) is 0 Å². The van der Waals surface area contributed by atoms with Crippen molar-refractivity contribution in [2.45, 2.75) is 356 Å². The minimum Gasteiger partial charge on any atom is -0.480 e. The van der Waals surface area contributed by atoms with Gasteiger partial charge in [0.05, 0.1) is 128 Å². The number of esters is 3. The van der Waals surface area contributed by atoms with Gasteiger partial charge >= 0.3 is 163 Å². The van der Waals surface area contributed by atoms with Crippen molar-refractivity contribution in [2.24, 2.45) is 0 Å². The third-order valence-corrected chi connectivity index (χ3v) is 43.4. The number of carboxylic acid groups (broad SMARTS) is 1. The molecule has 0 bridgehead atoms. The number of nitrogens with one attached hydrogen (secondary N) is 1. The Morgan fingerprint density at radius 2 is 0.727 bits per heavy atom. The van der Waals surface area contributed by atoms with Gasteiger partial charge in [-0.1, -0.05) is 0 Å². The van der Waals surface area contributed by atoms with Crippen molar-refractivity contribution in [1.29, 1.82) is 0 Å². The van der Waals surface area contributed by atoms with Gasteiger partial charge in [-0.2, -0.15) is 0 Å². The summed E-state index contributed by atoms with van der Waals surface area (Å²) in [5.41, 5.74) is -10.4. The Hall–Kier alpha value is -8.37. The van der Waals surface area contributed by atoms with Gasteiger partial charge in [-0.05, 0) is 255 Å². The molecule has 0 unspecified atom stereocenters. The number of fused-ring (bicyclic) bond motifs is 4. The standard InChI is InChI=1S/C23H31N3O6S.C20H29BrN2O5S.C19H23N3O6S.C15H19BrN2O4S.C5H12O2.3C4H9.C3H2NO.Sn/c1-13(2)30-12-10-25-19-15(14(3)16(33-19)17-24-9-11-31-17)18(27)26(21(25)29)23(7,8)20(28)32-22(4,5)6;1-11(2)27-10-9-22-16-13(12(3)14(21)29-16)15(24)23(18(22)26)20(7,8)17(25)28-19(4,5)6;1-10(2)27-9-7-21-16-12(11(3)13(29-16)14-20-6-8-28-14)15(23)22(18(21)26)19(4,5)17(24)25;1-7-8-10(23-9(7)16)17-13(21)18(11(8)19)15(5,6)12(20)22-14(2,3)4;1-5(2)7-4-3-6;3*1-3-4-2;1-2-5-3-4-1;/h9,11,13H,10,12H2,1-8H3;11H,9-10H2,1-8H3;6,8,10H,7,9H2,1-5H3,(H,24,25);1-6H3,(H,17,21);5-6H,3-4H2,1-2H3;3*1,3-4H2,2H3;1-2H;. The molecule has 35 nitrogen and oxygen atoms in total. The predicted molar refractivity (Wildman–Crippen MR) is 558 cm³/mol. The fraction of sp³-hybridized carbons (Fsp3) is 0.619. The number of hydrogen-bond acceptors (Lipinski definition) is 30. The van der Waals surface area contributed by atoms with Crippen molar-refractivity contribution < 1.29 is 75.8 Å². The van der Waals surface area contributed by atoms with E-state index in [1.165, 1.54) is 195 Å². The Balaban J connectivity index is 0.000000265. The van der Waals surface area contributed by atoms with Crippen LogP contribution in [0.1, 0.15) is 255 Å². The van der Waals surface area contributed by atoms with Gasteiger partial charge in [-0.25, -0.2) is 66.6 Å². The molecule has 0 amide bonds. The van der Waals surface area contributed by atoms with Gasteiger partial charge in [0.15, 0.2) is 0 Å². The smallest absolute Gasteiger partial charge is 0.333 e. The molecule has 0 fully saturated rings. The second-order valence-electron chi connectivity index (χ2n) is 39.7. The molecule has 139 heavy (non-hydrogen) atoms. The van der Waals surface area contributed by atoms with Crippen LogP contribution in [-0.4, -0.2) is 179 Å². The molecule has 0 aliphatic rings. The number of ether oxygens (including phenoxy) is 7. The number of aliphatic hydroxyl groups is 1. The van der Waals surface area contributed by atoms with Crippen LogP contribution in [0, 0.1) is 27.7 Å². The molecule has 0 aromatic carbocycles. The molecule has 0 radical (unpaired) electrons. The molecule has 772 valence electrons.